The van der Waals surface area contributed by atoms with E-state index >= 15 is 0 Å². The van der Waals surface area contributed by atoms with Gasteiger partial charge in [-0.25, -0.2) is 14.5 Å². The lowest BCUT2D eigenvalue weighted by Crippen LogP contribution is -2.33. The summed E-state index contributed by atoms with van der Waals surface area (Å²) in [5, 5.41) is 4.72. The number of aromatic nitrogens is 4. The molecule has 1 atom stereocenters. The van der Waals surface area contributed by atoms with Gasteiger partial charge in [0.15, 0.2) is 40.3 Å². The van der Waals surface area contributed by atoms with Gasteiger partial charge >= 0.3 is 0 Å². The third-order valence-corrected chi connectivity index (χ3v) is 7.66. The molecule has 10 nitrogen and oxygen atoms in total. The monoisotopic (exact) mass is 556 g/mol. The van der Waals surface area contributed by atoms with Crippen LogP contribution in [0.15, 0.2) is 54.1 Å². The predicted molar refractivity (Wildman–Crippen MR) is 150 cm³/mol. The summed E-state index contributed by atoms with van der Waals surface area (Å²) in [7, 11) is 6.40. The fraction of sp³-hybridized carbons (Fsp3) is 0.355. The lowest BCUT2D eigenvalue weighted by atomic mass is 9.70. The molecule has 0 radical (unpaired) electrons. The van der Waals surface area contributed by atoms with Gasteiger partial charge in [0.1, 0.15) is 12.1 Å². The van der Waals surface area contributed by atoms with Crippen LogP contribution in [0.1, 0.15) is 55.1 Å². The van der Waals surface area contributed by atoms with Crippen molar-refractivity contribution in [2.75, 3.05) is 28.4 Å². The molecule has 6 rings (SSSR count). The van der Waals surface area contributed by atoms with Gasteiger partial charge < -0.3 is 23.7 Å². The second-order valence-electron chi connectivity index (χ2n) is 11.1. The number of ether oxygens (including phenoxy) is 5. The second kappa shape index (κ2) is 10.1. The molecule has 0 unspecified atom stereocenters. The fourth-order valence-corrected chi connectivity index (χ4v) is 5.80. The molecule has 2 aromatic carbocycles. The molecule has 1 aliphatic heterocycles. The van der Waals surface area contributed by atoms with Gasteiger partial charge in [-0.1, -0.05) is 26.0 Å². The van der Waals surface area contributed by atoms with Crippen molar-refractivity contribution in [3.05, 3.63) is 76.6 Å². The zero-order chi connectivity index (χ0) is 28.9. The first-order chi connectivity index (χ1) is 19.7. The van der Waals surface area contributed by atoms with E-state index in [1.807, 2.05) is 36.4 Å². The number of nitrogens with zero attached hydrogens (tertiary/aromatic N) is 4. The number of carbonyl (C=O) groups excluding carboxylic acids is 1. The average molecular weight is 557 g/mol. The van der Waals surface area contributed by atoms with E-state index in [1.54, 1.807) is 39.3 Å². The Morgan fingerprint density at radius 1 is 0.927 bits per heavy atom. The number of hydrogen-bond acceptors (Lipinski definition) is 9. The molecule has 2 aromatic heterocycles. The molecule has 0 fully saturated rings. The minimum absolute atomic E-state index is 0.0498. The molecule has 0 spiro atoms. The molecule has 0 amide bonds. The Hall–Kier alpha value is -4.60. The first-order valence-corrected chi connectivity index (χ1v) is 13.4. The van der Waals surface area contributed by atoms with E-state index in [0.717, 1.165) is 11.1 Å². The highest BCUT2D eigenvalue weighted by Gasteiger charge is 2.44. The van der Waals surface area contributed by atoms with Crippen LogP contribution in [-0.4, -0.2) is 53.8 Å². The maximum Gasteiger partial charge on any atom is 0.228 e. The summed E-state index contributed by atoms with van der Waals surface area (Å²) in [5.74, 6) is 3.70. The number of Topliss-reactive ketones (excluding diaryl/α,β-unsaturated/α-hetero) is 1. The van der Waals surface area contributed by atoms with Crippen LogP contribution >= 0.6 is 0 Å². The average Bonchev–Trinajstić information content (AvgIpc) is 3.37. The summed E-state index contributed by atoms with van der Waals surface area (Å²) in [6.07, 6.45) is 3.11. The van der Waals surface area contributed by atoms with Crippen molar-refractivity contribution in [1.82, 2.24) is 19.6 Å². The van der Waals surface area contributed by atoms with Gasteiger partial charge in [-0.2, -0.15) is 0 Å². The van der Waals surface area contributed by atoms with Crippen molar-refractivity contribution in [3.63, 3.8) is 0 Å². The summed E-state index contributed by atoms with van der Waals surface area (Å²) >= 11 is 0. The molecule has 10 heteroatoms. The molecule has 41 heavy (non-hydrogen) atoms. The smallest absolute Gasteiger partial charge is 0.228 e. The molecular weight excluding hydrogens is 524 g/mol. The number of carbonyl (C=O) groups is 1. The Kier molecular flexibility index (Phi) is 6.56. The molecular formula is C31H32N4O6. The minimum Gasteiger partial charge on any atom is -0.493 e. The van der Waals surface area contributed by atoms with Crippen LogP contribution in [0.5, 0.6) is 28.9 Å². The summed E-state index contributed by atoms with van der Waals surface area (Å²) in [6, 6.07) is 11.4. The predicted octanol–water partition coefficient (Wildman–Crippen LogP) is 4.92. The van der Waals surface area contributed by atoms with Crippen LogP contribution in [0.2, 0.25) is 0 Å². The van der Waals surface area contributed by atoms with Gasteiger partial charge in [0.2, 0.25) is 5.88 Å². The molecule has 0 N–H and O–H groups in total. The Morgan fingerprint density at radius 3 is 2.32 bits per heavy atom. The Labute approximate surface area is 237 Å². The standard InChI is InChI=1S/C31H32N4O6/c1-31(2)14-19(36)27-24(15-31)41-30-28(26(27)18-8-10-21(38-4)23(13-18)40-6)29-33-25(34-35(29)16-32-30)12-17-7-9-20(37-3)22(11-17)39-5/h7-11,13,16,26H,12,14-15H2,1-6H3/t26-/m1/s1. The van der Waals surface area contributed by atoms with E-state index in [0.29, 0.717) is 76.5 Å². The first kappa shape index (κ1) is 26.6. The maximum absolute atomic E-state index is 13.7. The van der Waals surface area contributed by atoms with Crippen LogP contribution in [-0.2, 0) is 11.2 Å². The maximum atomic E-state index is 13.7. The van der Waals surface area contributed by atoms with Crippen LogP contribution in [0.4, 0.5) is 0 Å². The highest BCUT2D eigenvalue weighted by atomic mass is 16.5. The van der Waals surface area contributed by atoms with E-state index in [1.165, 1.54) is 0 Å². The van der Waals surface area contributed by atoms with E-state index in [2.05, 4.69) is 18.8 Å². The number of rotatable bonds is 7. The van der Waals surface area contributed by atoms with Gasteiger partial charge in [0.05, 0.1) is 39.9 Å². The highest BCUT2D eigenvalue weighted by Crippen LogP contribution is 2.51. The van der Waals surface area contributed by atoms with Gasteiger partial charge in [-0.3, -0.25) is 4.79 Å². The zero-order valence-electron chi connectivity index (χ0n) is 24.0. The van der Waals surface area contributed by atoms with Gasteiger partial charge in [-0.15, -0.1) is 5.10 Å². The third-order valence-electron chi connectivity index (χ3n) is 7.66. The number of hydrogen-bond donors (Lipinski definition) is 0. The Morgan fingerprint density at radius 2 is 1.61 bits per heavy atom. The van der Waals surface area contributed by atoms with Crippen molar-refractivity contribution >= 4 is 11.4 Å². The zero-order valence-corrected chi connectivity index (χ0v) is 24.0. The summed E-state index contributed by atoms with van der Waals surface area (Å²) in [6.45, 7) is 4.16. The second-order valence-corrected chi connectivity index (χ2v) is 11.1. The summed E-state index contributed by atoms with van der Waals surface area (Å²) in [4.78, 5) is 23.3. The lowest BCUT2D eigenvalue weighted by molar-refractivity contribution is -0.118. The molecule has 4 aromatic rings. The van der Waals surface area contributed by atoms with Gasteiger partial charge in [-0.05, 0) is 40.8 Å². The number of allylic oxidation sites excluding steroid dienone is 2. The van der Waals surface area contributed by atoms with Crippen LogP contribution < -0.4 is 23.7 Å². The van der Waals surface area contributed by atoms with Gasteiger partial charge in [0.25, 0.3) is 0 Å². The van der Waals surface area contributed by atoms with Crippen molar-refractivity contribution in [3.8, 4) is 28.9 Å². The van der Waals surface area contributed by atoms with E-state index in [4.69, 9.17) is 33.8 Å². The number of fused-ring (bicyclic) bond motifs is 3. The Bertz CT molecular complexity index is 1710. The van der Waals surface area contributed by atoms with Crippen LogP contribution in [0, 0.1) is 5.41 Å². The van der Waals surface area contributed by atoms with Crippen molar-refractivity contribution in [2.45, 2.75) is 39.0 Å². The molecule has 0 saturated heterocycles. The lowest BCUT2D eigenvalue weighted by Gasteiger charge is -2.37. The normalized spacial score (nSPS) is 17.5. The molecule has 3 heterocycles. The van der Waals surface area contributed by atoms with Gasteiger partial charge in [0, 0.05) is 24.8 Å². The number of ketones is 1. The van der Waals surface area contributed by atoms with E-state index in [-0.39, 0.29) is 11.2 Å². The molecule has 0 bridgehead atoms. The fourth-order valence-electron chi connectivity index (χ4n) is 5.80. The molecule has 0 saturated carbocycles. The van der Waals surface area contributed by atoms with E-state index in [9.17, 15) is 4.79 Å². The third kappa shape index (κ3) is 4.63. The largest absolute Gasteiger partial charge is 0.493 e. The quantitative estimate of drug-likeness (QED) is 0.314. The molecule has 1 aliphatic carbocycles. The van der Waals surface area contributed by atoms with Crippen molar-refractivity contribution in [1.29, 1.82) is 0 Å². The number of benzene rings is 2. The van der Waals surface area contributed by atoms with Crippen LogP contribution in [0.25, 0.3) is 5.65 Å². The van der Waals surface area contributed by atoms with E-state index < -0.39 is 5.92 Å². The topological polar surface area (TPSA) is 106 Å². The molecule has 2 aliphatic rings. The minimum atomic E-state index is -0.466. The summed E-state index contributed by atoms with van der Waals surface area (Å²) in [5.41, 5.74) is 3.49. The Balaban J connectivity index is 1.50. The van der Waals surface area contributed by atoms with Crippen LogP contribution in [0.3, 0.4) is 0 Å². The van der Waals surface area contributed by atoms with Crippen molar-refractivity contribution in [2.24, 2.45) is 5.41 Å². The first-order valence-electron chi connectivity index (χ1n) is 13.4. The molecule has 212 valence electrons. The highest BCUT2D eigenvalue weighted by molar-refractivity contribution is 6.00. The SMILES string of the molecule is COc1ccc(Cc2nc3c4c(ncn3n2)OC2=C(C(=O)CC(C)(C)C2)[C@H]4c2ccc(OC)c(OC)c2)cc1OC. The van der Waals surface area contributed by atoms with Crippen molar-refractivity contribution < 1.29 is 28.5 Å². The summed E-state index contributed by atoms with van der Waals surface area (Å²) < 4.78 is 30.0. The number of methoxy groups -OCH3 is 4.